The summed E-state index contributed by atoms with van der Waals surface area (Å²) in [4.78, 5) is 47.6. The van der Waals surface area contributed by atoms with Crippen molar-refractivity contribution in [1.29, 1.82) is 0 Å². The Hall–Kier alpha value is -2.96. The van der Waals surface area contributed by atoms with Crippen molar-refractivity contribution >= 4 is 25.5 Å². The van der Waals surface area contributed by atoms with Gasteiger partial charge < -0.3 is 30.3 Å². The summed E-state index contributed by atoms with van der Waals surface area (Å²) < 4.78 is 32.8. The lowest BCUT2D eigenvalue weighted by molar-refractivity contribution is -0.161. The van der Waals surface area contributed by atoms with Crippen molar-refractivity contribution in [3.63, 3.8) is 0 Å². The van der Waals surface area contributed by atoms with Crippen LogP contribution in [-0.2, 0) is 37.5 Å². The van der Waals surface area contributed by atoms with Gasteiger partial charge in [-0.2, -0.15) is 0 Å². The number of phosphoric acid groups is 1. The maximum atomic E-state index is 12.7. The average Bonchev–Trinajstić information content (AvgIpc) is 3.49. The molecule has 0 aromatic carbocycles. The van der Waals surface area contributed by atoms with Gasteiger partial charge in [0.1, 0.15) is 12.4 Å². The van der Waals surface area contributed by atoms with Crippen molar-refractivity contribution in [3.05, 3.63) is 72.9 Å². The summed E-state index contributed by atoms with van der Waals surface area (Å²) in [5.41, 5.74) is 5.34. The van der Waals surface area contributed by atoms with E-state index in [1.807, 2.05) is 0 Å². The second kappa shape index (κ2) is 36.7. The highest BCUT2D eigenvalue weighted by molar-refractivity contribution is 7.47. The smallest absolute Gasteiger partial charge is 0.462 e. The molecule has 60 heavy (non-hydrogen) atoms. The highest BCUT2D eigenvalue weighted by atomic mass is 31.2. The number of unbranched alkanes of at least 4 members (excludes halogenated alkanes) is 8. The van der Waals surface area contributed by atoms with E-state index in [0.29, 0.717) is 32.1 Å². The van der Waals surface area contributed by atoms with Crippen molar-refractivity contribution in [3.8, 4) is 0 Å². The Balaban J connectivity index is 2.39. The molecular weight excluding hydrogens is 785 g/mol. The Labute approximate surface area is 361 Å². The van der Waals surface area contributed by atoms with Crippen LogP contribution in [0, 0.1) is 11.8 Å². The largest absolute Gasteiger partial charge is 0.472 e. The Morgan fingerprint density at radius 2 is 1.38 bits per heavy atom. The minimum Gasteiger partial charge on any atom is -0.462 e. The highest BCUT2D eigenvalue weighted by Crippen LogP contribution is 2.43. The molecule has 1 aliphatic rings. The van der Waals surface area contributed by atoms with E-state index >= 15 is 0 Å². The first-order valence-corrected chi connectivity index (χ1v) is 24.0. The fourth-order valence-corrected chi connectivity index (χ4v) is 7.39. The molecule has 342 valence electrons. The molecule has 0 heterocycles. The summed E-state index contributed by atoms with van der Waals surface area (Å²) in [5.74, 6) is -1.64. The van der Waals surface area contributed by atoms with E-state index in [9.17, 15) is 34.1 Å². The van der Waals surface area contributed by atoms with Gasteiger partial charge in [-0.25, -0.2) is 4.57 Å². The number of rotatable bonds is 37. The maximum Gasteiger partial charge on any atom is 0.472 e. The number of nitrogens with two attached hydrogens (primary N) is 1. The van der Waals surface area contributed by atoms with Crippen LogP contribution in [-0.4, -0.2) is 77.5 Å². The minimum atomic E-state index is -4.46. The van der Waals surface area contributed by atoms with E-state index in [0.717, 1.165) is 83.5 Å². The molecule has 13 heteroatoms. The highest BCUT2D eigenvalue weighted by Gasteiger charge is 2.39. The quantitative estimate of drug-likeness (QED) is 0.0200. The zero-order valence-electron chi connectivity index (χ0n) is 36.6. The van der Waals surface area contributed by atoms with Crippen LogP contribution in [0.1, 0.15) is 149 Å². The SMILES string of the molecule is CC/C=C\C/C=C\C/C=C\C/C=C\C/C=C\CCCCCC(=O)OC[C@H](COP(=O)(O)OCCN)OC(=O)CCCCCC[C@H]1[C@@H](O)CC(=O)[C@@H]1/C=C/[C@@H](O)CCCCC. The standard InChI is InChI=1S/C47H78NO11P/c1-3-5-7-8-9-10-11-12-13-14-15-16-17-18-19-20-21-22-27-31-46(52)56-38-41(39-58-60(54,55)57-36-35-48)59-47(53)32-28-24-23-26-30-42-43(45(51)37-44(42)50)34-33-40(49)29-25-6-4-2/h5,7,9-10,12-13,15-16,18-19,33-34,40-44,49-50H,3-4,6,8,11,14,17,20-32,35-39,48H2,1-2H3,(H,54,55)/b7-5-,10-9-,13-12-,16-15-,19-18-,34-33+/t40-,41+,42+,43+,44-/m0/s1. The fourth-order valence-electron chi connectivity index (χ4n) is 6.62. The number of hydrogen-bond acceptors (Lipinski definition) is 11. The third-order valence-corrected chi connectivity index (χ3v) is 11.0. The van der Waals surface area contributed by atoms with Crippen LogP contribution in [0.5, 0.6) is 0 Å². The van der Waals surface area contributed by atoms with Crippen LogP contribution in [0.4, 0.5) is 0 Å². The molecule has 12 nitrogen and oxygen atoms in total. The predicted molar refractivity (Wildman–Crippen MR) is 239 cm³/mol. The molecule has 0 saturated heterocycles. The van der Waals surface area contributed by atoms with Crippen molar-refractivity contribution < 1.29 is 52.6 Å². The number of ketones is 1. The van der Waals surface area contributed by atoms with Gasteiger partial charge in [-0.15, -0.1) is 0 Å². The van der Waals surface area contributed by atoms with Crippen LogP contribution >= 0.6 is 7.82 Å². The summed E-state index contributed by atoms with van der Waals surface area (Å²) in [6.07, 6.45) is 38.4. The van der Waals surface area contributed by atoms with Gasteiger partial charge in [0.05, 0.1) is 25.4 Å². The lowest BCUT2D eigenvalue weighted by Crippen LogP contribution is -2.29. The van der Waals surface area contributed by atoms with Crippen LogP contribution in [0.2, 0.25) is 0 Å². The van der Waals surface area contributed by atoms with E-state index in [4.69, 9.17) is 24.3 Å². The molecule has 1 rings (SSSR count). The molecule has 1 aliphatic carbocycles. The fraction of sp³-hybridized carbons (Fsp3) is 0.681. The monoisotopic (exact) mass is 864 g/mol. The molecular formula is C47H78NO11P. The molecule has 0 aromatic rings. The summed E-state index contributed by atoms with van der Waals surface area (Å²) in [7, 11) is -4.46. The van der Waals surface area contributed by atoms with E-state index in [1.54, 1.807) is 12.2 Å². The Bertz CT molecular complexity index is 1370. The zero-order chi connectivity index (χ0) is 44.1. The number of hydrogen-bond donors (Lipinski definition) is 4. The molecule has 0 radical (unpaired) electrons. The first-order valence-electron chi connectivity index (χ1n) is 22.5. The van der Waals surface area contributed by atoms with E-state index in [2.05, 4.69) is 74.6 Å². The third kappa shape index (κ3) is 30.1. The number of aliphatic hydroxyl groups excluding tert-OH is 2. The lowest BCUT2D eigenvalue weighted by atomic mass is 9.88. The molecule has 0 amide bonds. The number of ether oxygens (including phenoxy) is 2. The average molecular weight is 864 g/mol. The lowest BCUT2D eigenvalue weighted by Gasteiger charge is -2.20. The molecule has 6 atom stereocenters. The first kappa shape index (κ1) is 55.1. The van der Waals surface area contributed by atoms with Gasteiger partial charge in [0.25, 0.3) is 0 Å². The molecule has 0 aromatic heterocycles. The van der Waals surface area contributed by atoms with Gasteiger partial charge >= 0.3 is 19.8 Å². The van der Waals surface area contributed by atoms with Crippen molar-refractivity contribution in [2.45, 2.75) is 167 Å². The molecule has 0 spiro atoms. The van der Waals surface area contributed by atoms with Gasteiger partial charge in [0, 0.05) is 31.7 Å². The molecule has 1 fully saturated rings. The Kier molecular flexibility index (Phi) is 33.7. The Morgan fingerprint density at radius 1 is 0.783 bits per heavy atom. The number of esters is 2. The second-order valence-electron chi connectivity index (χ2n) is 15.3. The number of allylic oxidation sites excluding steroid dienone is 11. The van der Waals surface area contributed by atoms with Gasteiger partial charge in [-0.3, -0.25) is 23.4 Å². The molecule has 5 N–H and O–H groups in total. The summed E-state index contributed by atoms with van der Waals surface area (Å²) in [6.45, 7) is 3.18. The summed E-state index contributed by atoms with van der Waals surface area (Å²) >= 11 is 0. The van der Waals surface area contributed by atoms with E-state index in [1.165, 1.54) is 0 Å². The number of Topliss-reactive ketones (excluding diaryl/α,β-unsaturated/α-hetero) is 1. The zero-order valence-corrected chi connectivity index (χ0v) is 37.5. The van der Waals surface area contributed by atoms with Gasteiger partial charge in [0.2, 0.25) is 0 Å². The summed E-state index contributed by atoms with van der Waals surface area (Å²) in [6, 6.07) is 0. The summed E-state index contributed by atoms with van der Waals surface area (Å²) in [5, 5.41) is 20.8. The van der Waals surface area contributed by atoms with Crippen molar-refractivity contribution in [2.75, 3.05) is 26.4 Å². The van der Waals surface area contributed by atoms with E-state index < -0.39 is 50.6 Å². The van der Waals surface area contributed by atoms with Crippen LogP contribution in [0.15, 0.2) is 72.9 Å². The van der Waals surface area contributed by atoms with Gasteiger partial charge in [-0.05, 0) is 76.5 Å². The molecule has 1 saturated carbocycles. The predicted octanol–water partition coefficient (Wildman–Crippen LogP) is 9.64. The number of aliphatic hydroxyl groups is 2. The minimum absolute atomic E-state index is 0.00648. The van der Waals surface area contributed by atoms with E-state index in [-0.39, 0.29) is 50.7 Å². The topological polar surface area (TPSA) is 192 Å². The maximum absolute atomic E-state index is 12.7. The van der Waals surface area contributed by atoms with Crippen LogP contribution in [0.25, 0.3) is 0 Å². The van der Waals surface area contributed by atoms with Crippen molar-refractivity contribution in [1.82, 2.24) is 0 Å². The van der Waals surface area contributed by atoms with Gasteiger partial charge in [0.15, 0.2) is 6.10 Å². The molecule has 0 aliphatic heterocycles. The number of carbonyl (C=O) groups is 3. The van der Waals surface area contributed by atoms with Gasteiger partial charge in [-0.1, -0.05) is 132 Å². The van der Waals surface area contributed by atoms with Crippen molar-refractivity contribution in [2.24, 2.45) is 17.6 Å². The number of carbonyl (C=O) groups excluding carboxylic acids is 3. The Morgan fingerprint density at radius 3 is 2.02 bits per heavy atom. The first-order chi connectivity index (χ1) is 29.0. The van der Waals surface area contributed by atoms with Crippen LogP contribution in [0.3, 0.4) is 0 Å². The molecule has 1 unspecified atom stereocenters. The van der Waals surface area contributed by atoms with Crippen LogP contribution < -0.4 is 5.73 Å². The third-order valence-electron chi connectivity index (χ3n) is 9.98. The second-order valence-corrected chi connectivity index (χ2v) is 16.8. The normalized spacial score (nSPS) is 19.5. The molecule has 0 bridgehead atoms. The number of phosphoric ester groups is 1.